The van der Waals surface area contributed by atoms with E-state index in [0.29, 0.717) is 17.5 Å². The first-order chi connectivity index (χ1) is 9.65. The van der Waals surface area contributed by atoms with Crippen molar-refractivity contribution in [2.75, 3.05) is 5.32 Å². The van der Waals surface area contributed by atoms with Crippen LogP contribution in [0.4, 0.5) is 5.69 Å². The van der Waals surface area contributed by atoms with Gasteiger partial charge in [0.15, 0.2) is 5.22 Å². The fourth-order valence-corrected chi connectivity index (χ4v) is 2.44. The van der Waals surface area contributed by atoms with E-state index in [-0.39, 0.29) is 0 Å². The first kappa shape index (κ1) is 12.9. The van der Waals surface area contributed by atoms with E-state index in [9.17, 15) is 5.11 Å². The SMILES string of the molecule is Cc1cc(NCc2c(Cl)oc3ccccc23)ccc1O. The van der Waals surface area contributed by atoms with Gasteiger partial charge < -0.3 is 14.8 Å². The summed E-state index contributed by atoms with van der Waals surface area (Å²) in [6.07, 6.45) is 0. The van der Waals surface area contributed by atoms with E-state index >= 15 is 0 Å². The van der Waals surface area contributed by atoms with Crippen LogP contribution in [0.25, 0.3) is 11.0 Å². The summed E-state index contributed by atoms with van der Waals surface area (Å²) in [6, 6.07) is 13.2. The van der Waals surface area contributed by atoms with Crippen molar-refractivity contribution in [1.82, 2.24) is 0 Å². The standard InChI is InChI=1S/C16H14ClNO2/c1-10-8-11(6-7-14(10)19)18-9-13-12-4-2-3-5-15(12)20-16(13)17/h2-8,18-19H,9H2,1H3. The second-order valence-electron chi connectivity index (χ2n) is 4.71. The predicted octanol–water partition coefficient (Wildman–Crippen LogP) is 4.71. The number of hydrogen-bond acceptors (Lipinski definition) is 3. The van der Waals surface area contributed by atoms with Gasteiger partial charge in [0.1, 0.15) is 11.3 Å². The number of fused-ring (bicyclic) bond motifs is 1. The fourth-order valence-electron chi connectivity index (χ4n) is 2.19. The van der Waals surface area contributed by atoms with Crippen LogP contribution in [-0.4, -0.2) is 5.11 Å². The molecule has 0 bridgehead atoms. The molecule has 2 aromatic carbocycles. The fraction of sp³-hybridized carbons (Fsp3) is 0.125. The van der Waals surface area contributed by atoms with Gasteiger partial charge in [-0.25, -0.2) is 0 Å². The van der Waals surface area contributed by atoms with Crippen molar-refractivity contribution in [3.8, 4) is 5.75 Å². The van der Waals surface area contributed by atoms with Gasteiger partial charge in [-0.2, -0.15) is 0 Å². The lowest BCUT2D eigenvalue weighted by Crippen LogP contribution is -1.99. The van der Waals surface area contributed by atoms with Crippen molar-refractivity contribution in [2.45, 2.75) is 13.5 Å². The molecule has 20 heavy (non-hydrogen) atoms. The Bertz CT molecular complexity index is 764. The summed E-state index contributed by atoms with van der Waals surface area (Å²) in [6.45, 7) is 2.43. The highest BCUT2D eigenvalue weighted by Crippen LogP contribution is 2.30. The van der Waals surface area contributed by atoms with Gasteiger partial charge in [0, 0.05) is 23.2 Å². The van der Waals surface area contributed by atoms with Gasteiger partial charge in [0.25, 0.3) is 0 Å². The molecule has 3 nitrogen and oxygen atoms in total. The third-order valence-corrected chi connectivity index (χ3v) is 3.62. The zero-order valence-corrected chi connectivity index (χ0v) is 11.7. The number of nitrogens with one attached hydrogen (secondary N) is 1. The number of aryl methyl sites for hydroxylation is 1. The average molecular weight is 288 g/mol. The van der Waals surface area contributed by atoms with Crippen LogP contribution in [-0.2, 0) is 6.54 Å². The molecule has 0 aliphatic carbocycles. The molecule has 0 fully saturated rings. The Kier molecular flexibility index (Phi) is 3.28. The van der Waals surface area contributed by atoms with E-state index in [2.05, 4.69) is 5.32 Å². The van der Waals surface area contributed by atoms with Crippen molar-refractivity contribution in [2.24, 2.45) is 0 Å². The van der Waals surface area contributed by atoms with Crippen LogP contribution in [0.5, 0.6) is 5.75 Å². The Morgan fingerprint density at radius 3 is 2.80 bits per heavy atom. The summed E-state index contributed by atoms with van der Waals surface area (Å²) < 4.78 is 5.52. The third-order valence-electron chi connectivity index (χ3n) is 3.32. The molecule has 0 spiro atoms. The molecular formula is C16H14ClNO2. The summed E-state index contributed by atoms with van der Waals surface area (Å²) in [7, 11) is 0. The predicted molar refractivity (Wildman–Crippen MR) is 81.4 cm³/mol. The van der Waals surface area contributed by atoms with Crippen LogP contribution < -0.4 is 5.32 Å². The molecule has 0 amide bonds. The van der Waals surface area contributed by atoms with E-state index in [1.807, 2.05) is 43.3 Å². The molecule has 3 aromatic rings. The molecule has 0 saturated carbocycles. The zero-order valence-electron chi connectivity index (χ0n) is 11.0. The highest BCUT2D eigenvalue weighted by molar-refractivity contribution is 6.30. The van der Waals surface area contributed by atoms with E-state index in [0.717, 1.165) is 27.8 Å². The second kappa shape index (κ2) is 5.10. The summed E-state index contributed by atoms with van der Waals surface area (Å²) >= 11 is 6.14. The number of rotatable bonds is 3. The van der Waals surface area contributed by atoms with Gasteiger partial charge in [-0.15, -0.1) is 0 Å². The normalized spacial score (nSPS) is 10.9. The van der Waals surface area contributed by atoms with E-state index in [4.69, 9.17) is 16.0 Å². The van der Waals surface area contributed by atoms with E-state index in [1.165, 1.54) is 0 Å². The summed E-state index contributed by atoms with van der Waals surface area (Å²) in [5.74, 6) is 0.294. The lowest BCUT2D eigenvalue weighted by atomic mass is 10.1. The zero-order chi connectivity index (χ0) is 14.1. The summed E-state index contributed by atoms with van der Waals surface area (Å²) in [5.41, 5.74) is 3.49. The number of halogens is 1. The molecular weight excluding hydrogens is 274 g/mol. The highest BCUT2D eigenvalue weighted by Gasteiger charge is 2.11. The quantitative estimate of drug-likeness (QED) is 0.686. The lowest BCUT2D eigenvalue weighted by Gasteiger charge is -2.07. The van der Waals surface area contributed by atoms with Gasteiger partial charge in [0.05, 0.1) is 0 Å². The monoisotopic (exact) mass is 287 g/mol. The van der Waals surface area contributed by atoms with Crippen molar-refractivity contribution in [1.29, 1.82) is 0 Å². The molecule has 0 radical (unpaired) electrons. The minimum absolute atomic E-state index is 0.294. The van der Waals surface area contributed by atoms with Gasteiger partial charge in [-0.1, -0.05) is 18.2 Å². The number of anilines is 1. The number of hydrogen-bond donors (Lipinski definition) is 2. The lowest BCUT2D eigenvalue weighted by molar-refractivity contribution is 0.471. The molecule has 0 saturated heterocycles. The number of benzene rings is 2. The minimum Gasteiger partial charge on any atom is -0.508 e. The van der Waals surface area contributed by atoms with Crippen LogP contribution in [0.3, 0.4) is 0 Å². The number of furan rings is 1. The largest absolute Gasteiger partial charge is 0.508 e. The van der Waals surface area contributed by atoms with Gasteiger partial charge in [-0.3, -0.25) is 0 Å². The van der Waals surface area contributed by atoms with Crippen LogP contribution in [0.15, 0.2) is 46.9 Å². The number of phenols is 1. The van der Waals surface area contributed by atoms with Crippen LogP contribution in [0.2, 0.25) is 5.22 Å². The van der Waals surface area contributed by atoms with Crippen LogP contribution >= 0.6 is 11.6 Å². The first-order valence-electron chi connectivity index (χ1n) is 6.34. The van der Waals surface area contributed by atoms with Gasteiger partial charge in [-0.05, 0) is 48.4 Å². The highest BCUT2D eigenvalue weighted by atomic mass is 35.5. The number of aromatic hydroxyl groups is 1. The Morgan fingerprint density at radius 2 is 2.00 bits per heavy atom. The molecule has 3 rings (SSSR count). The van der Waals surface area contributed by atoms with Crippen molar-refractivity contribution in [3.63, 3.8) is 0 Å². The Hall–Kier alpha value is -2.13. The van der Waals surface area contributed by atoms with Crippen LogP contribution in [0.1, 0.15) is 11.1 Å². The van der Waals surface area contributed by atoms with Crippen molar-refractivity contribution in [3.05, 3.63) is 58.8 Å². The maximum absolute atomic E-state index is 9.52. The van der Waals surface area contributed by atoms with Gasteiger partial charge in [0.2, 0.25) is 0 Å². The molecule has 1 aromatic heterocycles. The Morgan fingerprint density at radius 1 is 1.20 bits per heavy atom. The first-order valence-corrected chi connectivity index (χ1v) is 6.72. The topological polar surface area (TPSA) is 45.4 Å². The average Bonchev–Trinajstić information content (AvgIpc) is 2.76. The van der Waals surface area contributed by atoms with E-state index < -0.39 is 0 Å². The maximum atomic E-state index is 9.52. The van der Waals surface area contributed by atoms with E-state index in [1.54, 1.807) is 6.07 Å². The number of phenolic OH excluding ortho intramolecular Hbond substituents is 1. The minimum atomic E-state index is 0.294. The molecule has 102 valence electrons. The molecule has 0 unspecified atom stereocenters. The molecule has 0 aliphatic rings. The number of para-hydroxylation sites is 1. The molecule has 1 heterocycles. The van der Waals surface area contributed by atoms with Crippen molar-refractivity contribution >= 4 is 28.3 Å². The molecule has 2 N–H and O–H groups in total. The molecule has 0 atom stereocenters. The summed E-state index contributed by atoms with van der Waals surface area (Å²) in [5, 5.41) is 14.2. The Balaban J connectivity index is 1.86. The summed E-state index contributed by atoms with van der Waals surface area (Å²) in [4.78, 5) is 0. The van der Waals surface area contributed by atoms with Gasteiger partial charge >= 0.3 is 0 Å². The maximum Gasteiger partial charge on any atom is 0.199 e. The Labute approximate surface area is 121 Å². The van der Waals surface area contributed by atoms with Crippen LogP contribution in [0, 0.1) is 6.92 Å². The van der Waals surface area contributed by atoms with Crippen molar-refractivity contribution < 1.29 is 9.52 Å². The molecule has 4 heteroatoms. The molecule has 0 aliphatic heterocycles. The third kappa shape index (κ3) is 2.32. The second-order valence-corrected chi connectivity index (χ2v) is 5.05. The smallest absolute Gasteiger partial charge is 0.199 e.